The molecule has 1 amide bonds. The Morgan fingerprint density at radius 1 is 1.32 bits per heavy atom. The van der Waals surface area contributed by atoms with E-state index in [0.29, 0.717) is 15.7 Å². The van der Waals surface area contributed by atoms with Gasteiger partial charge in [0.05, 0.1) is 23.6 Å². The Bertz CT molecular complexity index is 845. The van der Waals surface area contributed by atoms with E-state index in [2.05, 4.69) is 20.5 Å². The summed E-state index contributed by atoms with van der Waals surface area (Å²) in [6, 6.07) is 0. The average molecular weight is 317 g/mol. The molecule has 0 atom stereocenters. The Hall–Kier alpha value is -2.68. The van der Waals surface area contributed by atoms with Crippen LogP contribution in [0.4, 0.5) is 10.7 Å². The van der Waals surface area contributed by atoms with Crippen LogP contribution in [0.3, 0.4) is 0 Å². The van der Waals surface area contributed by atoms with E-state index in [1.54, 1.807) is 35.0 Å². The van der Waals surface area contributed by atoms with Gasteiger partial charge in [-0.25, -0.2) is 4.98 Å². The zero-order valence-corrected chi connectivity index (χ0v) is 13.2. The van der Waals surface area contributed by atoms with E-state index in [1.165, 1.54) is 11.3 Å². The molecule has 0 aliphatic rings. The maximum atomic E-state index is 12.3. The van der Waals surface area contributed by atoms with E-state index in [9.17, 15) is 4.79 Å². The lowest BCUT2D eigenvalue weighted by atomic mass is 10.3. The topological polar surface area (TPSA) is 104 Å². The lowest BCUT2D eigenvalue weighted by Crippen LogP contribution is -2.13. The highest BCUT2D eigenvalue weighted by Gasteiger charge is 2.19. The Kier molecular flexibility index (Phi) is 3.41. The number of rotatable bonds is 3. The minimum Gasteiger partial charge on any atom is -0.389 e. The molecule has 0 aromatic carbocycles. The van der Waals surface area contributed by atoms with Crippen molar-refractivity contribution in [1.82, 2.24) is 24.5 Å². The summed E-state index contributed by atoms with van der Waals surface area (Å²) in [6.07, 6.45) is 4.98. The lowest BCUT2D eigenvalue weighted by molar-refractivity contribution is 0.102. The van der Waals surface area contributed by atoms with E-state index in [4.69, 9.17) is 5.73 Å². The van der Waals surface area contributed by atoms with Gasteiger partial charge in [-0.05, 0) is 6.92 Å². The van der Waals surface area contributed by atoms with Gasteiger partial charge in [0.2, 0.25) is 0 Å². The normalized spacial score (nSPS) is 10.9. The number of aromatic nitrogens is 5. The first-order chi connectivity index (χ1) is 10.5. The molecule has 3 rings (SSSR count). The summed E-state index contributed by atoms with van der Waals surface area (Å²) < 4.78 is 3.35. The van der Waals surface area contributed by atoms with Crippen LogP contribution in [-0.4, -0.2) is 30.5 Å². The van der Waals surface area contributed by atoms with Gasteiger partial charge in [0.25, 0.3) is 5.91 Å². The van der Waals surface area contributed by atoms with Gasteiger partial charge < -0.3 is 11.1 Å². The van der Waals surface area contributed by atoms with Gasteiger partial charge >= 0.3 is 0 Å². The number of thiazole rings is 1. The highest BCUT2D eigenvalue weighted by Crippen LogP contribution is 2.32. The third-order valence-corrected chi connectivity index (χ3v) is 4.21. The monoisotopic (exact) mass is 317 g/mol. The van der Waals surface area contributed by atoms with Gasteiger partial charge in [-0.15, -0.1) is 0 Å². The molecule has 0 saturated carbocycles. The molecular formula is C13H15N7OS. The molecule has 22 heavy (non-hydrogen) atoms. The van der Waals surface area contributed by atoms with Crippen molar-refractivity contribution in [2.75, 3.05) is 11.1 Å². The maximum Gasteiger partial charge on any atom is 0.277 e. The summed E-state index contributed by atoms with van der Waals surface area (Å²) in [5.74, 6) is -0.352. The van der Waals surface area contributed by atoms with E-state index >= 15 is 0 Å². The third kappa shape index (κ3) is 2.46. The number of hydrogen-bond donors (Lipinski definition) is 2. The summed E-state index contributed by atoms with van der Waals surface area (Å²) >= 11 is 1.27. The van der Waals surface area contributed by atoms with Gasteiger partial charge in [0.15, 0.2) is 5.69 Å². The lowest BCUT2D eigenvalue weighted by Gasteiger charge is -1.99. The number of nitrogens with two attached hydrogens (primary N) is 1. The Balaban J connectivity index is 1.89. The number of carbonyl (C=O) groups is 1. The van der Waals surface area contributed by atoms with Crippen molar-refractivity contribution in [2.45, 2.75) is 6.92 Å². The number of amides is 1. The predicted octanol–water partition coefficient (Wildman–Crippen LogP) is 1.42. The smallest absolute Gasteiger partial charge is 0.277 e. The number of carbonyl (C=O) groups excluding carboxylic acids is 1. The Morgan fingerprint density at radius 2 is 2.09 bits per heavy atom. The largest absolute Gasteiger partial charge is 0.389 e. The van der Waals surface area contributed by atoms with Gasteiger partial charge in [0.1, 0.15) is 10.0 Å². The zero-order chi connectivity index (χ0) is 15.9. The molecule has 0 aliphatic heterocycles. The summed E-state index contributed by atoms with van der Waals surface area (Å²) in [4.78, 5) is 16.6. The van der Waals surface area contributed by atoms with Crippen molar-refractivity contribution in [2.24, 2.45) is 14.1 Å². The minimum atomic E-state index is -0.352. The molecule has 3 N–H and O–H groups in total. The fraction of sp³-hybridized carbons (Fsp3) is 0.231. The molecule has 0 radical (unpaired) electrons. The number of nitrogens with zero attached hydrogens (tertiary/aromatic N) is 5. The van der Waals surface area contributed by atoms with Crippen LogP contribution in [0.25, 0.3) is 10.6 Å². The summed E-state index contributed by atoms with van der Waals surface area (Å²) in [7, 11) is 3.63. The van der Waals surface area contributed by atoms with Crippen molar-refractivity contribution in [1.29, 1.82) is 0 Å². The van der Waals surface area contributed by atoms with Crippen LogP contribution < -0.4 is 11.1 Å². The first kappa shape index (κ1) is 14.3. The number of nitrogen functional groups attached to an aromatic ring is 1. The van der Waals surface area contributed by atoms with Crippen molar-refractivity contribution < 1.29 is 4.79 Å². The standard InChI is InChI=1S/C13H15N7OS/c1-7-9(5-16-20(7)3)13-18-10(11(14)22-13)12(21)17-8-4-15-19(2)6-8/h4-6H,14H2,1-3H3,(H,17,21). The second-order valence-corrected chi connectivity index (χ2v) is 5.89. The fourth-order valence-corrected chi connectivity index (χ4v) is 2.89. The highest BCUT2D eigenvalue weighted by atomic mass is 32.1. The minimum absolute atomic E-state index is 0.215. The van der Waals surface area contributed by atoms with Crippen LogP contribution in [0.5, 0.6) is 0 Å². The number of anilines is 2. The third-order valence-electron chi connectivity index (χ3n) is 3.30. The Morgan fingerprint density at radius 3 is 2.68 bits per heavy atom. The predicted molar refractivity (Wildman–Crippen MR) is 84.6 cm³/mol. The van der Waals surface area contributed by atoms with Gasteiger partial charge in [0, 0.05) is 26.0 Å². The van der Waals surface area contributed by atoms with Gasteiger partial charge in [-0.2, -0.15) is 10.2 Å². The summed E-state index contributed by atoms with van der Waals surface area (Å²) in [5.41, 5.74) is 8.59. The summed E-state index contributed by atoms with van der Waals surface area (Å²) in [6.45, 7) is 1.94. The molecule has 0 fully saturated rings. The van der Waals surface area contributed by atoms with Crippen LogP contribution in [0.2, 0.25) is 0 Å². The van der Waals surface area contributed by atoms with Crippen LogP contribution in [0.15, 0.2) is 18.6 Å². The molecule has 0 spiro atoms. The molecule has 0 bridgehead atoms. The van der Waals surface area contributed by atoms with E-state index in [0.717, 1.165) is 11.3 Å². The van der Waals surface area contributed by atoms with Crippen molar-refractivity contribution in [3.63, 3.8) is 0 Å². The quantitative estimate of drug-likeness (QED) is 0.760. The van der Waals surface area contributed by atoms with E-state index in [-0.39, 0.29) is 11.6 Å². The van der Waals surface area contributed by atoms with Crippen LogP contribution in [0, 0.1) is 6.92 Å². The highest BCUT2D eigenvalue weighted by molar-refractivity contribution is 7.19. The zero-order valence-electron chi connectivity index (χ0n) is 12.4. The van der Waals surface area contributed by atoms with Crippen LogP contribution in [-0.2, 0) is 14.1 Å². The van der Waals surface area contributed by atoms with E-state index in [1.807, 2.05) is 14.0 Å². The molecular weight excluding hydrogens is 302 g/mol. The Labute approximate surface area is 130 Å². The molecule has 0 saturated heterocycles. The molecule has 8 nitrogen and oxygen atoms in total. The maximum absolute atomic E-state index is 12.3. The molecule has 0 unspecified atom stereocenters. The molecule has 9 heteroatoms. The first-order valence-electron chi connectivity index (χ1n) is 6.51. The SMILES string of the molecule is Cc1c(-c2nc(C(=O)Nc3cnn(C)c3)c(N)s2)cnn1C. The number of hydrogen-bond acceptors (Lipinski definition) is 6. The molecule has 114 valence electrons. The molecule has 3 aromatic heterocycles. The van der Waals surface area contributed by atoms with Crippen molar-refractivity contribution >= 4 is 27.9 Å². The molecule has 3 aromatic rings. The number of nitrogens with one attached hydrogen (secondary N) is 1. The van der Waals surface area contributed by atoms with Gasteiger partial charge in [-0.3, -0.25) is 14.2 Å². The number of aryl methyl sites for hydroxylation is 2. The fourth-order valence-electron chi connectivity index (χ4n) is 1.99. The molecule has 0 aliphatic carbocycles. The van der Waals surface area contributed by atoms with Crippen molar-refractivity contribution in [3.8, 4) is 10.6 Å². The second-order valence-electron chi connectivity index (χ2n) is 4.86. The van der Waals surface area contributed by atoms with Crippen LogP contribution >= 0.6 is 11.3 Å². The second kappa shape index (κ2) is 5.26. The van der Waals surface area contributed by atoms with Gasteiger partial charge in [-0.1, -0.05) is 11.3 Å². The first-order valence-corrected chi connectivity index (χ1v) is 7.32. The molecule has 3 heterocycles. The van der Waals surface area contributed by atoms with E-state index < -0.39 is 0 Å². The van der Waals surface area contributed by atoms with Crippen LogP contribution in [0.1, 0.15) is 16.2 Å². The van der Waals surface area contributed by atoms with Crippen molar-refractivity contribution in [3.05, 3.63) is 30.0 Å². The summed E-state index contributed by atoms with van der Waals surface area (Å²) in [5, 5.41) is 12.0. The average Bonchev–Trinajstić information content (AvgIpc) is 3.12.